The number of para-hydroxylation sites is 1. The lowest BCUT2D eigenvalue weighted by Gasteiger charge is -2.10. The zero-order valence-electron chi connectivity index (χ0n) is 12.2. The van der Waals surface area contributed by atoms with Crippen LogP contribution in [0.2, 0.25) is 0 Å². The molecule has 2 rings (SSSR count). The molecule has 0 aliphatic rings. The number of hydrogen-bond acceptors (Lipinski definition) is 5. The number of ether oxygens (including phenoxy) is 1. The first kappa shape index (κ1) is 14.8. The van der Waals surface area contributed by atoms with E-state index < -0.39 is 0 Å². The van der Waals surface area contributed by atoms with Gasteiger partial charge in [-0.15, -0.1) is 6.58 Å². The highest BCUT2D eigenvalue weighted by atomic mass is 16.5. The van der Waals surface area contributed by atoms with Crippen molar-refractivity contribution in [3.63, 3.8) is 0 Å². The average Bonchev–Trinajstić information content (AvgIpc) is 2.54. The number of nitrogens with zero attached hydrogens (tertiary/aromatic N) is 2. The molecule has 2 aromatic rings. The lowest BCUT2D eigenvalue weighted by Crippen LogP contribution is -2.08. The Morgan fingerprint density at radius 1 is 1.19 bits per heavy atom. The summed E-state index contributed by atoms with van der Waals surface area (Å²) in [5, 5.41) is 6.42. The van der Waals surface area contributed by atoms with Crippen LogP contribution in [0, 0.1) is 0 Å². The van der Waals surface area contributed by atoms with Crippen molar-refractivity contribution in [3.8, 4) is 5.75 Å². The first-order chi connectivity index (χ1) is 10.3. The van der Waals surface area contributed by atoms with Crippen LogP contribution in [0.5, 0.6) is 5.75 Å². The van der Waals surface area contributed by atoms with Gasteiger partial charge in [0.1, 0.15) is 23.7 Å². The van der Waals surface area contributed by atoms with Crippen LogP contribution < -0.4 is 15.4 Å². The second-order valence-electron chi connectivity index (χ2n) is 4.45. The van der Waals surface area contributed by atoms with Gasteiger partial charge >= 0.3 is 0 Å². The van der Waals surface area contributed by atoms with Gasteiger partial charge in [0.15, 0.2) is 0 Å². The molecular formula is C16H20N4O. The lowest BCUT2D eigenvalue weighted by molar-refractivity contribution is 0.410. The molecule has 0 spiro atoms. The minimum atomic E-state index is 0.678. The minimum absolute atomic E-state index is 0.678. The summed E-state index contributed by atoms with van der Waals surface area (Å²) >= 11 is 0. The van der Waals surface area contributed by atoms with Crippen molar-refractivity contribution in [2.45, 2.75) is 6.42 Å². The van der Waals surface area contributed by atoms with Crippen LogP contribution in [0.15, 0.2) is 49.3 Å². The van der Waals surface area contributed by atoms with Gasteiger partial charge < -0.3 is 15.4 Å². The second kappa shape index (κ2) is 7.89. The highest BCUT2D eigenvalue weighted by Crippen LogP contribution is 2.18. The van der Waals surface area contributed by atoms with E-state index in [2.05, 4.69) is 33.2 Å². The van der Waals surface area contributed by atoms with Gasteiger partial charge in [-0.1, -0.05) is 24.3 Å². The third-order valence-electron chi connectivity index (χ3n) is 2.99. The fourth-order valence-electron chi connectivity index (χ4n) is 1.96. The zero-order valence-corrected chi connectivity index (χ0v) is 12.2. The predicted molar refractivity (Wildman–Crippen MR) is 85.9 cm³/mol. The molecule has 0 aliphatic heterocycles. The van der Waals surface area contributed by atoms with Crippen molar-refractivity contribution in [1.82, 2.24) is 9.97 Å². The normalized spacial score (nSPS) is 9.95. The fourth-order valence-corrected chi connectivity index (χ4v) is 1.96. The molecule has 0 bridgehead atoms. The summed E-state index contributed by atoms with van der Waals surface area (Å²) in [6.45, 7) is 5.12. The maximum atomic E-state index is 5.34. The van der Waals surface area contributed by atoms with E-state index >= 15 is 0 Å². The number of methoxy groups -OCH3 is 1. The predicted octanol–water partition coefficient (Wildman–Crippen LogP) is 2.74. The van der Waals surface area contributed by atoms with Crippen molar-refractivity contribution in [3.05, 3.63) is 54.9 Å². The Morgan fingerprint density at radius 2 is 1.95 bits per heavy atom. The van der Waals surface area contributed by atoms with E-state index in [1.54, 1.807) is 13.2 Å². The number of anilines is 2. The third-order valence-corrected chi connectivity index (χ3v) is 2.99. The summed E-state index contributed by atoms with van der Waals surface area (Å²) in [4.78, 5) is 8.34. The highest BCUT2D eigenvalue weighted by Gasteiger charge is 2.02. The van der Waals surface area contributed by atoms with Crippen molar-refractivity contribution in [1.29, 1.82) is 0 Å². The molecule has 1 aromatic carbocycles. The van der Waals surface area contributed by atoms with Crippen LogP contribution in [0.25, 0.3) is 0 Å². The monoisotopic (exact) mass is 284 g/mol. The molecule has 0 aliphatic carbocycles. The Kier molecular flexibility index (Phi) is 5.58. The third kappa shape index (κ3) is 4.49. The highest BCUT2D eigenvalue weighted by molar-refractivity contribution is 5.47. The molecule has 110 valence electrons. The summed E-state index contributed by atoms with van der Waals surface area (Å²) in [7, 11) is 1.69. The molecular weight excluding hydrogens is 264 g/mol. The van der Waals surface area contributed by atoms with E-state index in [4.69, 9.17) is 4.74 Å². The van der Waals surface area contributed by atoms with E-state index in [1.807, 2.05) is 24.3 Å². The smallest absolute Gasteiger partial charge is 0.131 e. The molecule has 5 nitrogen and oxygen atoms in total. The van der Waals surface area contributed by atoms with E-state index in [0.29, 0.717) is 6.54 Å². The van der Waals surface area contributed by atoms with Gasteiger partial charge in [-0.25, -0.2) is 9.97 Å². The summed E-state index contributed by atoms with van der Waals surface area (Å²) in [5.41, 5.74) is 1.17. The first-order valence-corrected chi connectivity index (χ1v) is 6.86. The number of nitrogens with one attached hydrogen (secondary N) is 2. The molecule has 0 radical (unpaired) electrons. The molecule has 21 heavy (non-hydrogen) atoms. The molecule has 0 fully saturated rings. The Balaban J connectivity index is 1.89. The molecule has 0 saturated carbocycles. The summed E-state index contributed by atoms with van der Waals surface area (Å²) in [6.07, 6.45) is 4.19. The average molecular weight is 284 g/mol. The van der Waals surface area contributed by atoms with Crippen LogP contribution in [0.3, 0.4) is 0 Å². The van der Waals surface area contributed by atoms with E-state index in [9.17, 15) is 0 Å². The first-order valence-electron chi connectivity index (χ1n) is 6.86. The summed E-state index contributed by atoms with van der Waals surface area (Å²) < 4.78 is 5.34. The number of hydrogen-bond donors (Lipinski definition) is 2. The summed E-state index contributed by atoms with van der Waals surface area (Å²) in [5.74, 6) is 2.49. The number of rotatable bonds is 8. The van der Waals surface area contributed by atoms with Crippen molar-refractivity contribution < 1.29 is 4.74 Å². The molecule has 1 heterocycles. The van der Waals surface area contributed by atoms with E-state index in [0.717, 1.165) is 30.4 Å². The van der Waals surface area contributed by atoms with Gasteiger partial charge in [-0.05, 0) is 18.1 Å². The van der Waals surface area contributed by atoms with Crippen molar-refractivity contribution >= 4 is 11.6 Å². The van der Waals surface area contributed by atoms with Crippen LogP contribution >= 0.6 is 0 Å². The van der Waals surface area contributed by atoms with Crippen LogP contribution in [0.4, 0.5) is 11.6 Å². The number of aromatic nitrogens is 2. The maximum Gasteiger partial charge on any atom is 0.131 e. The topological polar surface area (TPSA) is 59.1 Å². The zero-order chi connectivity index (χ0) is 14.9. The van der Waals surface area contributed by atoms with E-state index in [1.165, 1.54) is 11.9 Å². The van der Waals surface area contributed by atoms with Crippen LogP contribution in [0.1, 0.15) is 5.56 Å². The maximum absolute atomic E-state index is 5.34. The van der Waals surface area contributed by atoms with Crippen molar-refractivity contribution in [2.24, 2.45) is 0 Å². The second-order valence-corrected chi connectivity index (χ2v) is 4.45. The summed E-state index contributed by atoms with van der Waals surface area (Å²) in [6, 6.07) is 9.90. The molecule has 0 amide bonds. The van der Waals surface area contributed by atoms with Gasteiger partial charge in [-0.2, -0.15) is 0 Å². The Hall–Kier alpha value is -2.56. The van der Waals surface area contributed by atoms with Gasteiger partial charge in [0.2, 0.25) is 0 Å². The molecule has 2 N–H and O–H groups in total. The number of benzene rings is 1. The largest absolute Gasteiger partial charge is 0.496 e. The minimum Gasteiger partial charge on any atom is -0.496 e. The molecule has 0 saturated heterocycles. The van der Waals surface area contributed by atoms with Gasteiger partial charge in [-0.3, -0.25) is 0 Å². The van der Waals surface area contributed by atoms with Crippen molar-refractivity contribution in [2.75, 3.05) is 30.8 Å². The Morgan fingerprint density at radius 3 is 2.71 bits per heavy atom. The lowest BCUT2D eigenvalue weighted by atomic mass is 10.1. The van der Waals surface area contributed by atoms with Crippen LogP contribution in [-0.2, 0) is 6.42 Å². The van der Waals surface area contributed by atoms with E-state index in [-0.39, 0.29) is 0 Å². The van der Waals surface area contributed by atoms with Gasteiger partial charge in [0, 0.05) is 19.2 Å². The molecule has 5 heteroatoms. The fraction of sp³-hybridized carbons (Fsp3) is 0.250. The van der Waals surface area contributed by atoms with Gasteiger partial charge in [0.05, 0.1) is 7.11 Å². The van der Waals surface area contributed by atoms with Crippen LogP contribution in [-0.4, -0.2) is 30.2 Å². The Labute approximate surface area is 125 Å². The molecule has 0 unspecified atom stereocenters. The molecule has 1 aromatic heterocycles. The standard InChI is InChI=1S/C16H20N4O/c1-3-9-17-15-11-16(20-12-19-15)18-10-8-13-6-4-5-7-14(13)21-2/h3-7,11-12H,1,8-10H2,2H3,(H2,17,18,19,20). The van der Waals surface area contributed by atoms with Gasteiger partial charge in [0.25, 0.3) is 0 Å². The Bertz CT molecular complexity index is 586. The SMILES string of the molecule is C=CCNc1cc(NCCc2ccccc2OC)ncn1. The quantitative estimate of drug-likeness (QED) is 0.730. The molecule has 0 atom stereocenters.